The van der Waals surface area contributed by atoms with Crippen LogP contribution in [-0.2, 0) is 9.53 Å². The molecule has 1 saturated carbocycles. The van der Waals surface area contributed by atoms with Gasteiger partial charge in [0.05, 0.1) is 13.7 Å². The average Bonchev–Trinajstić information content (AvgIpc) is 2.35. The second-order valence-electron chi connectivity index (χ2n) is 5.11. The molecule has 14 heavy (non-hydrogen) atoms. The summed E-state index contributed by atoms with van der Waals surface area (Å²) in [5, 5.41) is 3.26. The first-order chi connectivity index (χ1) is 6.44. The van der Waals surface area contributed by atoms with E-state index in [0.717, 1.165) is 6.42 Å². The first kappa shape index (κ1) is 11.5. The topological polar surface area (TPSA) is 38.3 Å². The van der Waals surface area contributed by atoms with Crippen molar-refractivity contribution in [2.24, 2.45) is 11.3 Å². The van der Waals surface area contributed by atoms with Gasteiger partial charge in [0, 0.05) is 6.04 Å². The molecule has 0 bridgehead atoms. The average molecular weight is 199 g/mol. The van der Waals surface area contributed by atoms with E-state index in [1.165, 1.54) is 13.5 Å². The van der Waals surface area contributed by atoms with Gasteiger partial charge >= 0.3 is 5.97 Å². The molecule has 0 amide bonds. The molecule has 1 rings (SSSR count). The van der Waals surface area contributed by atoms with Gasteiger partial charge in [-0.3, -0.25) is 4.79 Å². The van der Waals surface area contributed by atoms with Crippen LogP contribution in [0.1, 0.15) is 33.6 Å². The molecule has 1 aliphatic carbocycles. The highest BCUT2D eigenvalue weighted by molar-refractivity contribution is 5.71. The van der Waals surface area contributed by atoms with Crippen molar-refractivity contribution in [1.82, 2.24) is 5.32 Å². The Morgan fingerprint density at radius 1 is 1.50 bits per heavy atom. The fraction of sp³-hybridized carbons (Fsp3) is 0.909. The molecule has 0 aromatic heterocycles. The Morgan fingerprint density at radius 2 is 2.14 bits per heavy atom. The number of hydrogen-bond donors (Lipinski definition) is 1. The highest BCUT2D eigenvalue weighted by Crippen LogP contribution is 2.40. The maximum Gasteiger partial charge on any atom is 0.319 e. The van der Waals surface area contributed by atoms with Crippen LogP contribution in [-0.4, -0.2) is 25.7 Å². The maximum absolute atomic E-state index is 11.0. The summed E-state index contributed by atoms with van der Waals surface area (Å²) in [6, 6.07) is 0.462. The normalized spacial score (nSPS) is 30.3. The zero-order valence-electron chi connectivity index (χ0n) is 9.59. The second-order valence-corrected chi connectivity index (χ2v) is 5.11. The van der Waals surface area contributed by atoms with E-state index in [4.69, 9.17) is 0 Å². The number of esters is 1. The largest absolute Gasteiger partial charge is 0.468 e. The van der Waals surface area contributed by atoms with E-state index in [-0.39, 0.29) is 5.97 Å². The zero-order valence-corrected chi connectivity index (χ0v) is 9.59. The minimum atomic E-state index is -0.179. The summed E-state index contributed by atoms with van der Waals surface area (Å²) in [5.74, 6) is 0.469. The van der Waals surface area contributed by atoms with Gasteiger partial charge in [0.25, 0.3) is 0 Å². The summed E-state index contributed by atoms with van der Waals surface area (Å²) in [5.41, 5.74) is 0.410. The molecule has 0 radical (unpaired) electrons. The van der Waals surface area contributed by atoms with Gasteiger partial charge in [-0.05, 0) is 24.2 Å². The SMILES string of the molecule is COC(=O)CNC1CC(C)(C)CC1C. The van der Waals surface area contributed by atoms with Crippen molar-refractivity contribution in [2.45, 2.75) is 39.7 Å². The van der Waals surface area contributed by atoms with Crippen LogP contribution in [0.5, 0.6) is 0 Å². The van der Waals surface area contributed by atoms with E-state index >= 15 is 0 Å². The highest BCUT2D eigenvalue weighted by atomic mass is 16.5. The van der Waals surface area contributed by atoms with Crippen LogP contribution in [0.15, 0.2) is 0 Å². The number of nitrogens with one attached hydrogen (secondary N) is 1. The lowest BCUT2D eigenvalue weighted by atomic mass is 9.91. The number of methoxy groups -OCH3 is 1. The van der Waals surface area contributed by atoms with Crippen LogP contribution in [0.2, 0.25) is 0 Å². The first-order valence-electron chi connectivity index (χ1n) is 5.25. The van der Waals surface area contributed by atoms with Crippen molar-refractivity contribution >= 4 is 5.97 Å². The van der Waals surface area contributed by atoms with Crippen LogP contribution in [0.4, 0.5) is 0 Å². The van der Waals surface area contributed by atoms with E-state index in [1.807, 2.05) is 0 Å². The molecular formula is C11H21NO2. The lowest BCUT2D eigenvalue weighted by molar-refractivity contribution is -0.139. The van der Waals surface area contributed by atoms with Crippen molar-refractivity contribution in [1.29, 1.82) is 0 Å². The van der Waals surface area contributed by atoms with E-state index in [2.05, 4.69) is 30.8 Å². The summed E-state index contributed by atoms with van der Waals surface area (Å²) >= 11 is 0. The third kappa shape index (κ3) is 2.98. The quantitative estimate of drug-likeness (QED) is 0.701. The summed E-state index contributed by atoms with van der Waals surface area (Å²) in [4.78, 5) is 11.0. The molecular weight excluding hydrogens is 178 g/mol. The molecule has 0 aromatic rings. The van der Waals surface area contributed by atoms with Crippen molar-refractivity contribution in [2.75, 3.05) is 13.7 Å². The summed E-state index contributed by atoms with van der Waals surface area (Å²) in [7, 11) is 1.42. The minimum absolute atomic E-state index is 0.179. The third-order valence-electron chi connectivity index (χ3n) is 3.07. The highest BCUT2D eigenvalue weighted by Gasteiger charge is 2.36. The van der Waals surface area contributed by atoms with Gasteiger partial charge in [0.2, 0.25) is 0 Å². The van der Waals surface area contributed by atoms with Gasteiger partial charge in [0.15, 0.2) is 0 Å². The van der Waals surface area contributed by atoms with E-state index in [1.54, 1.807) is 0 Å². The molecule has 2 unspecified atom stereocenters. The van der Waals surface area contributed by atoms with Gasteiger partial charge in [-0.25, -0.2) is 0 Å². The first-order valence-corrected chi connectivity index (χ1v) is 5.25. The Bertz CT molecular complexity index is 213. The van der Waals surface area contributed by atoms with Crippen LogP contribution in [0.3, 0.4) is 0 Å². The summed E-state index contributed by atoms with van der Waals surface area (Å²) in [6.07, 6.45) is 2.37. The predicted molar refractivity (Wildman–Crippen MR) is 56.0 cm³/mol. The molecule has 0 aromatic carbocycles. The molecule has 1 aliphatic rings. The molecule has 1 N–H and O–H groups in total. The monoisotopic (exact) mass is 199 g/mol. The molecule has 3 nitrogen and oxygen atoms in total. The van der Waals surface area contributed by atoms with Gasteiger partial charge in [-0.2, -0.15) is 0 Å². The Hall–Kier alpha value is -0.570. The van der Waals surface area contributed by atoms with Gasteiger partial charge in [-0.1, -0.05) is 20.8 Å². The van der Waals surface area contributed by atoms with Crippen molar-refractivity contribution in [3.05, 3.63) is 0 Å². The van der Waals surface area contributed by atoms with E-state index < -0.39 is 0 Å². The van der Waals surface area contributed by atoms with Crippen LogP contribution >= 0.6 is 0 Å². The van der Waals surface area contributed by atoms with Crippen LogP contribution < -0.4 is 5.32 Å². The lowest BCUT2D eigenvalue weighted by Crippen LogP contribution is -2.36. The van der Waals surface area contributed by atoms with Crippen LogP contribution in [0, 0.1) is 11.3 Å². The number of rotatable bonds is 3. The van der Waals surface area contributed by atoms with Gasteiger partial charge in [-0.15, -0.1) is 0 Å². The van der Waals surface area contributed by atoms with Gasteiger partial charge in [0.1, 0.15) is 0 Å². The Balaban J connectivity index is 2.36. The lowest BCUT2D eigenvalue weighted by Gasteiger charge is -2.17. The molecule has 82 valence electrons. The smallest absolute Gasteiger partial charge is 0.319 e. The third-order valence-corrected chi connectivity index (χ3v) is 3.07. The summed E-state index contributed by atoms with van der Waals surface area (Å²) < 4.78 is 4.60. The van der Waals surface area contributed by atoms with Gasteiger partial charge < -0.3 is 10.1 Å². The van der Waals surface area contributed by atoms with E-state index in [9.17, 15) is 4.79 Å². The molecule has 1 fully saturated rings. The van der Waals surface area contributed by atoms with E-state index in [0.29, 0.717) is 23.9 Å². The molecule has 2 atom stereocenters. The summed E-state index contributed by atoms with van der Waals surface area (Å²) in [6.45, 7) is 7.14. The van der Waals surface area contributed by atoms with Crippen molar-refractivity contribution in [3.63, 3.8) is 0 Å². The standard InChI is InChI=1S/C11H21NO2/c1-8-5-11(2,3)6-9(8)12-7-10(13)14-4/h8-9,12H,5-7H2,1-4H3. The predicted octanol–water partition coefficient (Wildman–Crippen LogP) is 1.57. The molecule has 3 heteroatoms. The Labute approximate surface area is 86.2 Å². The Morgan fingerprint density at radius 3 is 2.57 bits per heavy atom. The van der Waals surface area contributed by atoms with Crippen LogP contribution in [0.25, 0.3) is 0 Å². The number of carbonyl (C=O) groups excluding carboxylic acids is 1. The molecule has 0 heterocycles. The number of ether oxygens (including phenoxy) is 1. The molecule has 0 spiro atoms. The fourth-order valence-electron chi connectivity index (χ4n) is 2.45. The zero-order chi connectivity index (χ0) is 10.8. The second kappa shape index (κ2) is 4.30. The van der Waals surface area contributed by atoms with Crippen molar-refractivity contribution < 1.29 is 9.53 Å². The number of hydrogen-bond acceptors (Lipinski definition) is 3. The molecule has 0 saturated heterocycles. The maximum atomic E-state index is 11.0. The number of carbonyl (C=O) groups is 1. The van der Waals surface area contributed by atoms with Crippen molar-refractivity contribution in [3.8, 4) is 0 Å². The Kier molecular flexibility index (Phi) is 3.53. The molecule has 0 aliphatic heterocycles. The fourth-order valence-corrected chi connectivity index (χ4v) is 2.45. The minimum Gasteiger partial charge on any atom is -0.468 e.